The van der Waals surface area contributed by atoms with E-state index in [2.05, 4.69) is 15.1 Å². The fourth-order valence-electron chi connectivity index (χ4n) is 2.88. The van der Waals surface area contributed by atoms with E-state index in [1.807, 2.05) is 27.9 Å². The van der Waals surface area contributed by atoms with E-state index in [1.165, 1.54) is 0 Å². The summed E-state index contributed by atoms with van der Waals surface area (Å²) in [7, 11) is 0. The van der Waals surface area contributed by atoms with Crippen LogP contribution in [0, 0.1) is 0 Å². The number of hydrogen-bond acceptors (Lipinski definition) is 5. The van der Waals surface area contributed by atoms with E-state index in [9.17, 15) is 4.79 Å². The molecule has 1 atom stereocenters. The van der Waals surface area contributed by atoms with Crippen molar-refractivity contribution in [3.63, 3.8) is 0 Å². The molecule has 2 aromatic heterocycles. The number of rotatable bonds is 7. The fraction of sp³-hybridized carbons (Fsp3) is 0.529. The van der Waals surface area contributed by atoms with Crippen molar-refractivity contribution >= 4 is 5.91 Å². The van der Waals surface area contributed by atoms with Crippen LogP contribution in [0.25, 0.3) is 0 Å². The molecule has 1 saturated heterocycles. The lowest BCUT2D eigenvalue weighted by Crippen LogP contribution is -2.45. The van der Waals surface area contributed by atoms with Gasteiger partial charge in [-0.15, -0.1) is 0 Å². The van der Waals surface area contributed by atoms with Gasteiger partial charge in [-0.2, -0.15) is 5.10 Å². The van der Waals surface area contributed by atoms with Crippen molar-refractivity contribution in [2.75, 3.05) is 19.7 Å². The molecule has 0 aliphatic carbocycles. The number of ether oxygens (including phenoxy) is 1. The Hall–Kier alpha value is -2.28. The third kappa shape index (κ3) is 4.86. The maximum Gasteiger partial charge on any atom is 0.222 e. The van der Waals surface area contributed by atoms with Crippen molar-refractivity contribution in [3.05, 3.63) is 42.7 Å². The lowest BCUT2D eigenvalue weighted by atomic mass is 10.1. The molecule has 1 amide bonds. The van der Waals surface area contributed by atoms with Gasteiger partial charge in [0.25, 0.3) is 0 Å². The Morgan fingerprint density at radius 3 is 3.12 bits per heavy atom. The molecular weight excluding hydrogens is 306 g/mol. The number of morpholine rings is 1. The summed E-state index contributed by atoms with van der Waals surface area (Å²) in [5.74, 6) is 0.206. The summed E-state index contributed by atoms with van der Waals surface area (Å²) in [5, 5.41) is 4.15. The third-order valence-corrected chi connectivity index (χ3v) is 4.19. The number of carbonyl (C=O) groups is 1. The van der Waals surface area contributed by atoms with Crippen molar-refractivity contribution in [2.45, 2.75) is 38.3 Å². The molecule has 1 aliphatic rings. The number of nitrogens with zero attached hydrogens (tertiary/aromatic N) is 5. The number of hydrogen-bond donors (Lipinski definition) is 0. The van der Waals surface area contributed by atoms with Crippen LogP contribution in [0.15, 0.2) is 37.1 Å². The van der Waals surface area contributed by atoms with Crippen LogP contribution in [-0.4, -0.2) is 56.4 Å². The third-order valence-electron chi connectivity index (χ3n) is 4.19. The van der Waals surface area contributed by atoms with E-state index in [4.69, 9.17) is 4.74 Å². The molecule has 0 spiro atoms. The lowest BCUT2D eigenvalue weighted by molar-refractivity contribution is -0.139. The van der Waals surface area contributed by atoms with Gasteiger partial charge in [0, 0.05) is 50.3 Å². The molecule has 0 aromatic carbocycles. The van der Waals surface area contributed by atoms with Crippen LogP contribution in [-0.2, 0) is 22.5 Å². The van der Waals surface area contributed by atoms with Gasteiger partial charge in [0.1, 0.15) is 6.33 Å². The molecule has 1 aliphatic heterocycles. The zero-order valence-electron chi connectivity index (χ0n) is 13.8. The van der Waals surface area contributed by atoms with Gasteiger partial charge in [-0.1, -0.05) is 0 Å². The minimum absolute atomic E-state index is 0.0868. The highest BCUT2D eigenvalue weighted by Crippen LogP contribution is 2.13. The summed E-state index contributed by atoms with van der Waals surface area (Å²) in [4.78, 5) is 22.4. The normalized spacial score (nSPS) is 17.8. The lowest BCUT2D eigenvalue weighted by Gasteiger charge is -2.33. The molecule has 2 aromatic rings. The highest BCUT2D eigenvalue weighted by atomic mass is 16.5. The van der Waals surface area contributed by atoms with E-state index in [1.54, 1.807) is 18.7 Å². The van der Waals surface area contributed by atoms with Gasteiger partial charge in [0.15, 0.2) is 0 Å². The standard InChI is InChI=1S/C17H23N5O2/c23-17(3-1-9-22-10-2-7-20-22)21-11-12-24-16(13-21)5-4-15-6-8-18-14-19-15/h2,6-8,10,14,16H,1,3-5,9,11-13H2. The van der Waals surface area contributed by atoms with E-state index in [0.717, 1.165) is 31.5 Å². The van der Waals surface area contributed by atoms with Crippen molar-refractivity contribution in [2.24, 2.45) is 0 Å². The molecule has 0 radical (unpaired) electrons. The predicted octanol–water partition coefficient (Wildman–Crippen LogP) is 1.31. The zero-order chi connectivity index (χ0) is 16.6. The molecule has 7 nitrogen and oxygen atoms in total. The molecular formula is C17H23N5O2. The van der Waals surface area contributed by atoms with E-state index in [-0.39, 0.29) is 12.0 Å². The topological polar surface area (TPSA) is 73.1 Å². The second-order valence-corrected chi connectivity index (χ2v) is 5.94. The minimum atomic E-state index is 0.0868. The van der Waals surface area contributed by atoms with Crippen LogP contribution in [0.3, 0.4) is 0 Å². The Labute approximate surface area is 141 Å². The van der Waals surface area contributed by atoms with Gasteiger partial charge < -0.3 is 9.64 Å². The second-order valence-electron chi connectivity index (χ2n) is 5.94. The Morgan fingerprint density at radius 2 is 2.33 bits per heavy atom. The van der Waals surface area contributed by atoms with Gasteiger partial charge in [-0.05, 0) is 31.4 Å². The van der Waals surface area contributed by atoms with Crippen LogP contribution in [0.2, 0.25) is 0 Å². The molecule has 0 bridgehead atoms. The van der Waals surface area contributed by atoms with Crippen molar-refractivity contribution in [1.82, 2.24) is 24.6 Å². The van der Waals surface area contributed by atoms with Gasteiger partial charge in [-0.25, -0.2) is 9.97 Å². The summed E-state index contributed by atoms with van der Waals surface area (Å²) in [6.45, 7) is 2.75. The van der Waals surface area contributed by atoms with Gasteiger partial charge >= 0.3 is 0 Å². The molecule has 1 fully saturated rings. The molecule has 3 rings (SSSR count). The minimum Gasteiger partial charge on any atom is -0.375 e. The smallest absolute Gasteiger partial charge is 0.222 e. The van der Waals surface area contributed by atoms with Crippen LogP contribution >= 0.6 is 0 Å². The summed E-state index contributed by atoms with van der Waals surface area (Å²) < 4.78 is 7.65. The number of carbonyl (C=O) groups excluding carboxylic acids is 1. The molecule has 3 heterocycles. The van der Waals surface area contributed by atoms with Gasteiger partial charge in [0.2, 0.25) is 5.91 Å². The monoisotopic (exact) mass is 329 g/mol. The molecule has 128 valence electrons. The Morgan fingerprint density at radius 1 is 1.38 bits per heavy atom. The second kappa shape index (κ2) is 8.54. The summed E-state index contributed by atoms with van der Waals surface area (Å²) in [5.41, 5.74) is 1.01. The Balaban J connectivity index is 1.40. The van der Waals surface area contributed by atoms with Gasteiger partial charge in [-0.3, -0.25) is 9.48 Å². The average molecular weight is 329 g/mol. The average Bonchev–Trinajstić information content (AvgIpc) is 3.14. The SMILES string of the molecule is O=C(CCCn1cccn1)N1CCOC(CCc2ccncn2)C1. The zero-order valence-corrected chi connectivity index (χ0v) is 13.8. The number of aromatic nitrogens is 4. The summed E-state index contributed by atoms with van der Waals surface area (Å²) in [6, 6.07) is 3.81. The first-order chi connectivity index (χ1) is 11.8. The molecule has 7 heteroatoms. The number of aryl methyl sites for hydroxylation is 2. The molecule has 0 saturated carbocycles. The fourth-order valence-corrected chi connectivity index (χ4v) is 2.88. The number of amides is 1. The van der Waals surface area contributed by atoms with E-state index >= 15 is 0 Å². The highest BCUT2D eigenvalue weighted by molar-refractivity contribution is 5.76. The van der Waals surface area contributed by atoms with Crippen LogP contribution < -0.4 is 0 Å². The maximum absolute atomic E-state index is 12.4. The van der Waals surface area contributed by atoms with Crippen LogP contribution in [0.4, 0.5) is 0 Å². The van der Waals surface area contributed by atoms with E-state index in [0.29, 0.717) is 26.1 Å². The summed E-state index contributed by atoms with van der Waals surface area (Å²) >= 11 is 0. The van der Waals surface area contributed by atoms with Crippen molar-refractivity contribution < 1.29 is 9.53 Å². The maximum atomic E-state index is 12.4. The highest BCUT2D eigenvalue weighted by Gasteiger charge is 2.23. The largest absolute Gasteiger partial charge is 0.375 e. The Bertz CT molecular complexity index is 617. The van der Waals surface area contributed by atoms with E-state index < -0.39 is 0 Å². The summed E-state index contributed by atoms with van der Waals surface area (Å²) in [6.07, 6.45) is 10.1. The Kier molecular flexibility index (Phi) is 5.90. The van der Waals surface area contributed by atoms with Crippen LogP contribution in [0.5, 0.6) is 0 Å². The van der Waals surface area contributed by atoms with Gasteiger partial charge in [0.05, 0.1) is 12.7 Å². The van der Waals surface area contributed by atoms with Crippen molar-refractivity contribution in [3.8, 4) is 0 Å². The first-order valence-electron chi connectivity index (χ1n) is 8.43. The molecule has 24 heavy (non-hydrogen) atoms. The van der Waals surface area contributed by atoms with Crippen molar-refractivity contribution in [1.29, 1.82) is 0 Å². The molecule has 1 unspecified atom stereocenters. The molecule has 0 N–H and O–H groups in total. The first-order valence-corrected chi connectivity index (χ1v) is 8.43. The van der Waals surface area contributed by atoms with Crippen LogP contribution in [0.1, 0.15) is 25.0 Å². The predicted molar refractivity (Wildman–Crippen MR) is 88.1 cm³/mol. The quantitative estimate of drug-likeness (QED) is 0.766. The first kappa shape index (κ1) is 16.6.